The lowest BCUT2D eigenvalue weighted by Gasteiger charge is -2.30. The molecule has 0 spiro atoms. The summed E-state index contributed by atoms with van der Waals surface area (Å²) in [5.74, 6) is -1.84. The molecule has 1 aliphatic heterocycles. The van der Waals surface area contributed by atoms with E-state index in [2.05, 4.69) is 20.4 Å². The number of nitrogens with zero attached hydrogens (tertiary/aromatic N) is 2. The van der Waals surface area contributed by atoms with Crippen molar-refractivity contribution in [2.24, 2.45) is 5.92 Å². The molecule has 2 atom stereocenters. The number of ether oxygens (including phenoxy) is 1. The lowest BCUT2D eigenvalue weighted by molar-refractivity contribution is -0.134. The molecule has 1 saturated heterocycles. The first-order valence-corrected chi connectivity index (χ1v) is 12.5. The van der Waals surface area contributed by atoms with Gasteiger partial charge in [0.1, 0.15) is 17.9 Å². The topological polar surface area (TPSA) is 118 Å². The van der Waals surface area contributed by atoms with Crippen LogP contribution in [0, 0.1) is 11.7 Å². The Bertz CT molecular complexity index is 1100. The van der Waals surface area contributed by atoms with Gasteiger partial charge in [-0.2, -0.15) is 0 Å². The van der Waals surface area contributed by atoms with Gasteiger partial charge in [0.15, 0.2) is 10.8 Å². The van der Waals surface area contributed by atoms with Gasteiger partial charge in [-0.05, 0) is 30.0 Å². The number of halogens is 1. The minimum absolute atomic E-state index is 0.0611. The second-order valence-corrected chi connectivity index (χ2v) is 9.67. The van der Waals surface area contributed by atoms with Crippen LogP contribution in [0.1, 0.15) is 54.6 Å². The molecule has 4 rings (SSSR count). The molecule has 1 aromatic carbocycles. The van der Waals surface area contributed by atoms with Crippen molar-refractivity contribution >= 4 is 40.3 Å². The fourth-order valence-corrected chi connectivity index (χ4v) is 5.31. The average molecular weight is 503 g/mol. The highest BCUT2D eigenvalue weighted by atomic mass is 32.1. The number of carbonyl (C=O) groups excluding carboxylic acids is 4. The second kappa shape index (κ2) is 10.9. The van der Waals surface area contributed by atoms with Gasteiger partial charge in [0.05, 0.1) is 7.11 Å². The van der Waals surface area contributed by atoms with Crippen molar-refractivity contribution in [1.29, 1.82) is 0 Å². The SMILES string of the molecule is COC(=O)c1csc(NC(=O)C(CC2CCCCC2)N2C(=O)NC(Cc3ccc(F)cc3)C2=O)n1. The summed E-state index contributed by atoms with van der Waals surface area (Å²) in [6.07, 6.45) is 5.61. The van der Waals surface area contributed by atoms with Crippen molar-refractivity contribution in [2.75, 3.05) is 12.4 Å². The molecule has 2 unspecified atom stereocenters. The van der Waals surface area contributed by atoms with Crippen LogP contribution in [0.25, 0.3) is 0 Å². The Hall–Kier alpha value is -3.34. The van der Waals surface area contributed by atoms with E-state index >= 15 is 0 Å². The van der Waals surface area contributed by atoms with Crippen molar-refractivity contribution < 1.29 is 28.3 Å². The molecule has 2 N–H and O–H groups in total. The average Bonchev–Trinajstić information content (AvgIpc) is 3.43. The fraction of sp³-hybridized carbons (Fsp3) is 0.458. The zero-order valence-corrected chi connectivity index (χ0v) is 20.1. The van der Waals surface area contributed by atoms with Crippen LogP contribution in [0.2, 0.25) is 0 Å². The molecule has 2 fully saturated rings. The number of anilines is 1. The van der Waals surface area contributed by atoms with Crippen LogP contribution in [0.5, 0.6) is 0 Å². The number of esters is 1. The number of aromatic nitrogens is 1. The van der Waals surface area contributed by atoms with E-state index in [9.17, 15) is 23.6 Å². The summed E-state index contributed by atoms with van der Waals surface area (Å²) in [5.41, 5.74) is 0.754. The number of methoxy groups -OCH3 is 1. The van der Waals surface area contributed by atoms with E-state index < -0.39 is 35.9 Å². The molecule has 0 radical (unpaired) electrons. The van der Waals surface area contributed by atoms with Gasteiger partial charge in [0, 0.05) is 11.8 Å². The van der Waals surface area contributed by atoms with E-state index in [-0.39, 0.29) is 29.0 Å². The highest BCUT2D eigenvalue weighted by Crippen LogP contribution is 2.30. The molecule has 2 aliphatic rings. The van der Waals surface area contributed by atoms with Crippen molar-refractivity contribution in [3.05, 3.63) is 46.7 Å². The number of hydrogen-bond acceptors (Lipinski definition) is 7. The molecule has 1 aliphatic carbocycles. The van der Waals surface area contributed by atoms with Crippen LogP contribution in [-0.2, 0) is 20.7 Å². The second-order valence-electron chi connectivity index (χ2n) is 8.82. The zero-order chi connectivity index (χ0) is 24.9. The van der Waals surface area contributed by atoms with E-state index in [0.29, 0.717) is 12.0 Å². The summed E-state index contributed by atoms with van der Waals surface area (Å²) in [7, 11) is 1.24. The summed E-state index contributed by atoms with van der Waals surface area (Å²) >= 11 is 1.05. The Morgan fingerprint density at radius 1 is 1.23 bits per heavy atom. The molecule has 1 aromatic heterocycles. The maximum atomic E-state index is 13.3. The van der Waals surface area contributed by atoms with Gasteiger partial charge in [-0.25, -0.2) is 23.9 Å². The number of urea groups is 1. The van der Waals surface area contributed by atoms with Crippen molar-refractivity contribution in [3.8, 4) is 0 Å². The van der Waals surface area contributed by atoms with Gasteiger partial charge in [-0.3, -0.25) is 9.59 Å². The lowest BCUT2D eigenvalue weighted by atomic mass is 9.84. The Morgan fingerprint density at radius 2 is 1.94 bits per heavy atom. The Kier molecular flexibility index (Phi) is 7.74. The third kappa shape index (κ3) is 5.84. The molecular formula is C24H27FN4O5S. The molecule has 2 aromatic rings. The zero-order valence-electron chi connectivity index (χ0n) is 19.3. The Morgan fingerprint density at radius 3 is 2.63 bits per heavy atom. The van der Waals surface area contributed by atoms with Gasteiger partial charge < -0.3 is 15.4 Å². The molecule has 0 bridgehead atoms. The predicted octanol–water partition coefficient (Wildman–Crippen LogP) is 3.51. The van der Waals surface area contributed by atoms with Crippen LogP contribution in [0.15, 0.2) is 29.6 Å². The summed E-state index contributed by atoms with van der Waals surface area (Å²) in [6.45, 7) is 0. The van der Waals surface area contributed by atoms with Crippen molar-refractivity contribution in [1.82, 2.24) is 15.2 Å². The molecular weight excluding hydrogens is 475 g/mol. The Balaban J connectivity index is 1.52. The number of nitrogens with one attached hydrogen (secondary N) is 2. The van der Waals surface area contributed by atoms with Crippen molar-refractivity contribution in [2.45, 2.75) is 57.0 Å². The first kappa shape index (κ1) is 24.8. The van der Waals surface area contributed by atoms with Gasteiger partial charge >= 0.3 is 12.0 Å². The quantitative estimate of drug-likeness (QED) is 0.421. The summed E-state index contributed by atoms with van der Waals surface area (Å²) in [5, 5.41) is 6.98. The highest BCUT2D eigenvalue weighted by molar-refractivity contribution is 7.14. The third-order valence-corrected chi connectivity index (χ3v) is 7.19. The Labute approximate surface area is 206 Å². The van der Waals surface area contributed by atoms with E-state index in [1.54, 1.807) is 12.1 Å². The number of rotatable bonds is 8. The highest BCUT2D eigenvalue weighted by Gasteiger charge is 2.45. The van der Waals surface area contributed by atoms with Gasteiger partial charge in [-0.15, -0.1) is 11.3 Å². The smallest absolute Gasteiger partial charge is 0.357 e. The molecule has 9 nitrogen and oxygen atoms in total. The minimum Gasteiger partial charge on any atom is -0.464 e. The maximum absolute atomic E-state index is 13.3. The van der Waals surface area contributed by atoms with Crippen LogP contribution in [-0.4, -0.2) is 52.9 Å². The lowest BCUT2D eigenvalue weighted by Crippen LogP contribution is -2.49. The van der Waals surface area contributed by atoms with E-state index in [1.165, 1.54) is 24.6 Å². The normalized spacial score (nSPS) is 19.4. The van der Waals surface area contributed by atoms with Gasteiger partial charge in [0.25, 0.3) is 5.91 Å². The largest absolute Gasteiger partial charge is 0.464 e. The van der Waals surface area contributed by atoms with E-state index in [1.807, 2.05) is 0 Å². The number of hydrogen-bond donors (Lipinski definition) is 2. The van der Waals surface area contributed by atoms with Crippen LogP contribution in [0.3, 0.4) is 0 Å². The molecule has 4 amide bonds. The molecule has 1 saturated carbocycles. The summed E-state index contributed by atoms with van der Waals surface area (Å²) in [4.78, 5) is 56.3. The number of thiazole rings is 1. The van der Waals surface area contributed by atoms with Crippen LogP contribution in [0.4, 0.5) is 14.3 Å². The minimum atomic E-state index is -1.02. The number of carbonyl (C=O) groups is 4. The van der Waals surface area contributed by atoms with E-state index in [0.717, 1.165) is 48.3 Å². The monoisotopic (exact) mass is 502 g/mol. The van der Waals surface area contributed by atoms with Crippen LogP contribution >= 0.6 is 11.3 Å². The van der Waals surface area contributed by atoms with Gasteiger partial charge in [-0.1, -0.05) is 44.2 Å². The number of benzene rings is 1. The first-order valence-electron chi connectivity index (χ1n) is 11.6. The molecule has 2 heterocycles. The van der Waals surface area contributed by atoms with Gasteiger partial charge in [0.2, 0.25) is 5.91 Å². The fourth-order valence-electron chi connectivity index (χ4n) is 4.62. The van der Waals surface area contributed by atoms with Crippen LogP contribution < -0.4 is 10.6 Å². The van der Waals surface area contributed by atoms with E-state index in [4.69, 9.17) is 0 Å². The summed E-state index contributed by atoms with van der Waals surface area (Å²) < 4.78 is 17.9. The number of imide groups is 1. The predicted molar refractivity (Wildman–Crippen MR) is 126 cm³/mol. The maximum Gasteiger partial charge on any atom is 0.357 e. The third-order valence-electron chi connectivity index (χ3n) is 6.43. The molecule has 186 valence electrons. The number of amides is 4. The molecule has 35 heavy (non-hydrogen) atoms. The van der Waals surface area contributed by atoms with Crippen molar-refractivity contribution in [3.63, 3.8) is 0 Å². The summed E-state index contributed by atoms with van der Waals surface area (Å²) in [6, 6.07) is 3.21. The first-order chi connectivity index (χ1) is 16.9. The standard InChI is InChI=1S/C24H27FN4O5S/c1-34-22(32)18-13-35-23(26-18)28-20(30)19(12-14-5-3-2-4-6-14)29-21(31)17(27-24(29)33)11-15-7-9-16(25)10-8-15/h7-10,13-14,17,19H,2-6,11-12H2,1H3,(H,27,33)(H,26,28,30). The molecule has 11 heteroatoms.